The molecule has 0 N–H and O–H groups in total. The number of amides is 1. The molecule has 1 atom stereocenters. The standard InChI is InChI=1S/C16H18N2O/c1-11(13-6-7-13)18(15-8-9-15)16(19)14-4-2-12(10-17)3-5-14/h2-5,11,13,15H,6-9H2,1H3/t11-/m0/s1. The second kappa shape index (κ2) is 4.70. The molecule has 2 saturated carbocycles. The molecule has 0 bridgehead atoms. The number of nitrogens with zero attached hydrogens (tertiary/aromatic N) is 2. The maximum atomic E-state index is 12.6. The van der Waals surface area contributed by atoms with Crippen LogP contribution in [0.3, 0.4) is 0 Å². The summed E-state index contributed by atoms with van der Waals surface area (Å²) in [7, 11) is 0. The molecule has 3 rings (SSSR count). The molecule has 1 aromatic carbocycles. The van der Waals surface area contributed by atoms with Crippen LogP contribution in [0.15, 0.2) is 24.3 Å². The summed E-state index contributed by atoms with van der Waals surface area (Å²) in [5.74, 6) is 0.828. The zero-order chi connectivity index (χ0) is 13.4. The summed E-state index contributed by atoms with van der Waals surface area (Å²) in [5, 5.41) is 8.80. The van der Waals surface area contributed by atoms with Crippen molar-refractivity contribution < 1.29 is 4.79 Å². The Labute approximate surface area is 113 Å². The van der Waals surface area contributed by atoms with Gasteiger partial charge >= 0.3 is 0 Å². The number of hydrogen-bond donors (Lipinski definition) is 0. The highest BCUT2D eigenvalue weighted by Gasteiger charge is 2.41. The Kier molecular flexibility index (Phi) is 3.02. The molecule has 0 aromatic heterocycles. The average Bonchev–Trinajstić information content (AvgIpc) is 3.30. The van der Waals surface area contributed by atoms with E-state index in [0.717, 1.165) is 12.8 Å². The van der Waals surface area contributed by atoms with Crippen molar-refractivity contribution in [3.63, 3.8) is 0 Å². The normalized spacial score (nSPS) is 19.6. The highest BCUT2D eigenvalue weighted by atomic mass is 16.2. The van der Waals surface area contributed by atoms with Crippen LogP contribution >= 0.6 is 0 Å². The molecule has 2 aliphatic rings. The zero-order valence-electron chi connectivity index (χ0n) is 11.2. The van der Waals surface area contributed by atoms with Crippen molar-refractivity contribution >= 4 is 5.91 Å². The van der Waals surface area contributed by atoms with Crippen molar-refractivity contribution in [3.05, 3.63) is 35.4 Å². The zero-order valence-corrected chi connectivity index (χ0v) is 11.2. The minimum atomic E-state index is 0.131. The summed E-state index contributed by atoms with van der Waals surface area (Å²) in [4.78, 5) is 14.7. The van der Waals surface area contributed by atoms with Gasteiger partial charge in [0.05, 0.1) is 11.6 Å². The molecule has 3 nitrogen and oxygen atoms in total. The summed E-state index contributed by atoms with van der Waals surface area (Å²) in [6, 6.07) is 9.88. The number of carbonyl (C=O) groups excluding carboxylic acids is 1. The van der Waals surface area contributed by atoms with Gasteiger partial charge in [-0.05, 0) is 62.8 Å². The van der Waals surface area contributed by atoms with E-state index in [1.165, 1.54) is 12.8 Å². The third kappa shape index (κ3) is 2.49. The monoisotopic (exact) mass is 254 g/mol. The minimum absolute atomic E-state index is 0.131. The minimum Gasteiger partial charge on any atom is -0.333 e. The fraction of sp³-hybridized carbons (Fsp3) is 0.500. The summed E-state index contributed by atoms with van der Waals surface area (Å²) >= 11 is 0. The molecule has 0 saturated heterocycles. The van der Waals surface area contributed by atoms with Crippen LogP contribution in [0.25, 0.3) is 0 Å². The molecule has 0 heterocycles. The van der Waals surface area contributed by atoms with Crippen molar-refractivity contribution in [1.29, 1.82) is 5.26 Å². The van der Waals surface area contributed by atoms with Crippen molar-refractivity contribution in [1.82, 2.24) is 4.90 Å². The molecule has 0 aliphatic heterocycles. The second-order valence-electron chi connectivity index (χ2n) is 5.71. The summed E-state index contributed by atoms with van der Waals surface area (Å²) in [6.07, 6.45) is 4.79. The fourth-order valence-corrected chi connectivity index (χ4v) is 2.68. The lowest BCUT2D eigenvalue weighted by molar-refractivity contribution is 0.0654. The van der Waals surface area contributed by atoms with Crippen LogP contribution in [0.2, 0.25) is 0 Å². The first-order valence-corrected chi connectivity index (χ1v) is 7.03. The van der Waals surface area contributed by atoms with Crippen molar-refractivity contribution in [3.8, 4) is 6.07 Å². The first-order chi connectivity index (χ1) is 9.20. The SMILES string of the molecule is C[C@@H](C1CC1)N(C(=O)c1ccc(C#N)cc1)C1CC1. The van der Waals surface area contributed by atoms with Crippen LogP contribution in [0.1, 0.15) is 48.5 Å². The van der Waals surface area contributed by atoms with Crippen molar-refractivity contribution in [2.24, 2.45) is 5.92 Å². The molecular formula is C16H18N2O. The molecule has 98 valence electrons. The first-order valence-electron chi connectivity index (χ1n) is 7.03. The van der Waals surface area contributed by atoms with Crippen LogP contribution in [-0.4, -0.2) is 22.9 Å². The fourth-order valence-electron chi connectivity index (χ4n) is 2.68. The largest absolute Gasteiger partial charge is 0.333 e. The third-order valence-electron chi connectivity index (χ3n) is 4.18. The highest BCUT2D eigenvalue weighted by molar-refractivity contribution is 5.95. The van der Waals surface area contributed by atoms with Gasteiger partial charge in [0.25, 0.3) is 5.91 Å². The number of nitriles is 1. The Morgan fingerprint density at radius 2 is 1.89 bits per heavy atom. The number of hydrogen-bond acceptors (Lipinski definition) is 2. The lowest BCUT2D eigenvalue weighted by Gasteiger charge is -2.29. The molecule has 2 fully saturated rings. The Balaban J connectivity index is 1.81. The Morgan fingerprint density at radius 1 is 1.26 bits per heavy atom. The van der Waals surface area contributed by atoms with Gasteiger partial charge in [-0.3, -0.25) is 4.79 Å². The highest BCUT2D eigenvalue weighted by Crippen LogP contribution is 2.40. The molecule has 1 amide bonds. The maximum absolute atomic E-state index is 12.6. The van der Waals surface area contributed by atoms with Gasteiger partial charge in [0.15, 0.2) is 0 Å². The van der Waals surface area contributed by atoms with Gasteiger partial charge in [-0.15, -0.1) is 0 Å². The van der Waals surface area contributed by atoms with Crippen molar-refractivity contribution in [2.45, 2.75) is 44.7 Å². The van der Waals surface area contributed by atoms with Gasteiger partial charge in [0, 0.05) is 17.6 Å². The van der Waals surface area contributed by atoms with Crippen LogP contribution < -0.4 is 0 Å². The van der Waals surface area contributed by atoms with Gasteiger partial charge in [0.2, 0.25) is 0 Å². The van der Waals surface area contributed by atoms with Gasteiger partial charge < -0.3 is 4.90 Å². The van der Waals surface area contributed by atoms with E-state index in [1.807, 2.05) is 0 Å². The number of rotatable bonds is 4. The second-order valence-corrected chi connectivity index (χ2v) is 5.71. The summed E-state index contributed by atoms with van der Waals surface area (Å²) < 4.78 is 0. The predicted octanol–water partition coefficient (Wildman–Crippen LogP) is 2.96. The molecule has 0 spiro atoms. The molecule has 2 aliphatic carbocycles. The molecule has 0 radical (unpaired) electrons. The van der Waals surface area contributed by atoms with E-state index >= 15 is 0 Å². The lowest BCUT2D eigenvalue weighted by atomic mass is 10.1. The smallest absolute Gasteiger partial charge is 0.254 e. The molecule has 19 heavy (non-hydrogen) atoms. The molecule has 1 aromatic rings. The third-order valence-corrected chi connectivity index (χ3v) is 4.18. The van der Waals surface area contributed by atoms with Gasteiger partial charge in [-0.1, -0.05) is 0 Å². The quantitative estimate of drug-likeness (QED) is 0.829. The van der Waals surface area contributed by atoms with Gasteiger partial charge in [0.1, 0.15) is 0 Å². The van der Waals surface area contributed by atoms with Gasteiger partial charge in [-0.25, -0.2) is 0 Å². The summed E-state index contributed by atoms with van der Waals surface area (Å²) in [6.45, 7) is 2.18. The Morgan fingerprint density at radius 3 is 2.37 bits per heavy atom. The topological polar surface area (TPSA) is 44.1 Å². The van der Waals surface area contributed by atoms with Crippen molar-refractivity contribution in [2.75, 3.05) is 0 Å². The van der Waals surface area contributed by atoms with E-state index < -0.39 is 0 Å². The summed E-state index contributed by atoms with van der Waals surface area (Å²) in [5.41, 5.74) is 1.31. The average molecular weight is 254 g/mol. The predicted molar refractivity (Wildman–Crippen MR) is 72.5 cm³/mol. The van der Waals surface area contributed by atoms with Crippen LogP contribution in [0, 0.1) is 17.2 Å². The van der Waals surface area contributed by atoms with Crippen LogP contribution in [0.4, 0.5) is 0 Å². The Hall–Kier alpha value is -1.82. The van der Waals surface area contributed by atoms with E-state index in [-0.39, 0.29) is 5.91 Å². The Bertz CT molecular complexity index is 521. The number of benzene rings is 1. The lowest BCUT2D eigenvalue weighted by Crippen LogP contribution is -2.41. The molecule has 3 heteroatoms. The van der Waals surface area contributed by atoms with E-state index in [9.17, 15) is 4.79 Å². The molecular weight excluding hydrogens is 236 g/mol. The van der Waals surface area contributed by atoms with E-state index in [1.54, 1.807) is 24.3 Å². The number of carbonyl (C=O) groups is 1. The first kappa shape index (κ1) is 12.2. The van der Waals surface area contributed by atoms with E-state index in [4.69, 9.17) is 5.26 Å². The van der Waals surface area contributed by atoms with Gasteiger partial charge in [-0.2, -0.15) is 5.26 Å². The molecule has 0 unspecified atom stereocenters. The van der Waals surface area contributed by atoms with E-state index in [0.29, 0.717) is 29.1 Å². The van der Waals surface area contributed by atoms with Crippen LogP contribution in [0.5, 0.6) is 0 Å². The van der Waals surface area contributed by atoms with Crippen LogP contribution in [-0.2, 0) is 0 Å². The maximum Gasteiger partial charge on any atom is 0.254 e. The van der Waals surface area contributed by atoms with E-state index in [2.05, 4.69) is 17.9 Å².